The molecule has 3 aromatic rings. The molecule has 0 radical (unpaired) electrons. The SMILES string of the molecule is Nc1ccc2nc(NC(=O)c3ccc(Br)cn3)sc2c1. The first-order valence-corrected chi connectivity index (χ1v) is 7.32. The van der Waals surface area contributed by atoms with Crippen LogP contribution in [0.3, 0.4) is 0 Å². The van der Waals surface area contributed by atoms with Gasteiger partial charge in [0.1, 0.15) is 5.69 Å². The number of hydrogen-bond acceptors (Lipinski definition) is 5. The number of carbonyl (C=O) groups is 1. The predicted molar refractivity (Wildman–Crippen MR) is 83.9 cm³/mol. The Labute approximate surface area is 127 Å². The zero-order chi connectivity index (χ0) is 14.1. The van der Waals surface area contributed by atoms with E-state index in [1.807, 2.05) is 12.1 Å². The maximum absolute atomic E-state index is 12.0. The number of nitrogens with zero attached hydrogens (tertiary/aromatic N) is 2. The van der Waals surface area contributed by atoms with Crippen molar-refractivity contribution in [3.63, 3.8) is 0 Å². The van der Waals surface area contributed by atoms with Crippen LogP contribution in [0.1, 0.15) is 10.5 Å². The van der Waals surface area contributed by atoms with Gasteiger partial charge in [0, 0.05) is 16.4 Å². The van der Waals surface area contributed by atoms with Gasteiger partial charge < -0.3 is 5.73 Å². The summed E-state index contributed by atoms with van der Waals surface area (Å²) in [5.41, 5.74) is 7.54. The monoisotopic (exact) mass is 348 g/mol. The van der Waals surface area contributed by atoms with E-state index in [0.29, 0.717) is 16.5 Å². The second-order valence-corrected chi connectivity index (χ2v) is 6.01. The van der Waals surface area contributed by atoms with Gasteiger partial charge in [-0.25, -0.2) is 9.97 Å². The standard InChI is InChI=1S/C13H9BrN4OS/c14-7-1-3-10(16-6-7)12(19)18-13-17-9-4-2-8(15)5-11(9)20-13/h1-6H,15H2,(H,17,18,19). The fraction of sp³-hybridized carbons (Fsp3) is 0. The normalized spacial score (nSPS) is 10.7. The van der Waals surface area contributed by atoms with E-state index in [-0.39, 0.29) is 5.91 Å². The van der Waals surface area contributed by atoms with Crippen LogP contribution in [0.15, 0.2) is 41.0 Å². The van der Waals surface area contributed by atoms with E-state index in [4.69, 9.17) is 5.73 Å². The third kappa shape index (κ3) is 2.63. The Kier molecular flexibility index (Phi) is 3.37. The zero-order valence-corrected chi connectivity index (χ0v) is 12.5. The number of thiazole rings is 1. The summed E-state index contributed by atoms with van der Waals surface area (Å²) < 4.78 is 1.76. The van der Waals surface area contributed by atoms with Gasteiger partial charge >= 0.3 is 0 Å². The average Bonchev–Trinajstić information content (AvgIpc) is 2.80. The third-order valence-electron chi connectivity index (χ3n) is 2.59. The summed E-state index contributed by atoms with van der Waals surface area (Å²) in [6, 6.07) is 8.85. The number of hydrogen-bond donors (Lipinski definition) is 2. The number of anilines is 2. The molecule has 3 N–H and O–H groups in total. The summed E-state index contributed by atoms with van der Waals surface area (Å²) in [4.78, 5) is 20.4. The van der Waals surface area contributed by atoms with E-state index in [1.165, 1.54) is 11.3 Å². The van der Waals surface area contributed by atoms with Gasteiger partial charge in [-0.1, -0.05) is 11.3 Å². The van der Waals surface area contributed by atoms with Crippen LogP contribution in [0.2, 0.25) is 0 Å². The fourth-order valence-electron chi connectivity index (χ4n) is 1.67. The highest BCUT2D eigenvalue weighted by atomic mass is 79.9. The number of rotatable bonds is 2. The Morgan fingerprint density at radius 1 is 1.30 bits per heavy atom. The van der Waals surface area contributed by atoms with Gasteiger partial charge in [-0.05, 0) is 46.3 Å². The second-order valence-electron chi connectivity index (χ2n) is 4.06. The predicted octanol–water partition coefficient (Wildman–Crippen LogP) is 3.29. The lowest BCUT2D eigenvalue weighted by atomic mass is 10.3. The van der Waals surface area contributed by atoms with Gasteiger partial charge in [0.15, 0.2) is 5.13 Å². The number of aromatic nitrogens is 2. The Balaban J connectivity index is 1.85. The van der Waals surface area contributed by atoms with Gasteiger partial charge in [0.2, 0.25) is 0 Å². The smallest absolute Gasteiger partial charge is 0.276 e. The van der Waals surface area contributed by atoms with Gasteiger partial charge in [0.25, 0.3) is 5.91 Å². The van der Waals surface area contributed by atoms with Crippen LogP contribution >= 0.6 is 27.3 Å². The number of amides is 1. The highest BCUT2D eigenvalue weighted by Gasteiger charge is 2.11. The number of nitrogen functional groups attached to an aromatic ring is 1. The molecule has 2 heterocycles. The Bertz CT molecular complexity index is 785. The van der Waals surface area contributed by atoms with Crippen molar-refractivity contribution in [3.8, 4) is 0 Å². The number of nitrogens with one attached hydrogen (secondary N) is 1. The van der Waals surface area contributed by atoms with E-state index in [1.54, 1.807) is 24.4 Å². The lowest BCUT2D eigenvalue weighted by Crippen LogP contribution is -2.13. The van der Waals surface area contributed by atoms with Crippen LogP contribution < -0.4 is 11.1 Å². The molecule has 0 spiro atoms. The molecule has 0 aliphatic heterocycles. The maximum atomic E-state index is 12.0. The van der Waals surface area contributed by atoms with Gasteiger partial charge in [-0.3, -0.25) is 10.1 Å². The van der Waals surface area contributed by atoms with Crippen molar-refractivity contribution in [2.45, 2.75) is 0 Å². The van der Waals surface area contributed by atoms with Crippen LogP contribution in [-0.4, -0.2) is 15.9 Å². The minimum Gasteiger partial charge on any atom is -0.399 e. The van der Waals surface area contributed by atoms with Crippen molar-refractivity contribution in [3.05, 3.63) is 46.7 Å². The summed E-state index contributed by atoms with van der Waals surface area (Å²) in [5, 5.41) is 3.26. The Morgan fingerprint density at radius 2 is 2.15 bits per heavy atom. The quantitative estimate of drug-likeness (QED) is 0.696. The zero-order valence-electron chi connectivity index (χ0n) is 10.1. The molecule has 7 heteroatoms. The second kappa shape index (κ2) is 5.18. The first kappa shape index (κ1) is 13.0. The van der Waals surface area contributed by atoms with Crippen molar-refractivity contribution in [2.24, 2.45) is 0 Å². The van der Waals surface area contributed by atoms with Gasteiger partial charge in [-0.2, -0.15) is 0 Å². The first-order chi connectivity index (χ1) is 9.61. The van der Waals surface area contributed by atoms with Crippen molar-refractivity contribution in [2.75, 3.05) is 11.1 Å². The van der Waals surface area contributed by atoms with Crippen molar-refractivity contribution >= 4 is 54.2 Å². The van der Waals surface area contributed by atoms with Crippen molar-refractivity contribution in [1.82, 2.24) is 9.97 Å². The Hall–Kier alpha value is -1.99. The number of benzene rings is 1. The molecule has 0 saturated heterocycles. The number of carbonyl (C=O) groups excluding carboxylic acids is 1. The van der Waals surface area contributed by atoms with Crippen molar-refractivity contribution in [1.29, 1.82) is 0 Å². The number of nitrogens with two attached hydrogens (primary N) is 1. The minimum absolute atomic E-state index is 0.287. The number of halogens is 1. The molecule has 20 heavy (non-hydrogen) atoms. The van der Waals surface area contributed by atoms with Crippen LogP contribution in [0.5, 0.6) is 0 Å². The van der Waals surface area contributed by atoms with Crippen LogP contribution in [-0.2, 0) is 0 Å². The number of fused-ring (bicyclic) bond motifs is 1. The van der Waals surface area contributed by atoms with Crippen molar-refractivity contribution < 1.29 is 4.79 Å². The highest BCUT2D eigenvalue weighted by Crippen LogP contribution is 2.27. The minimum atomic E-state index is -0.287. The molecule has 100 valence electrons. The molecule has 0 bridgehead atoms. The molecule has 0 atom stereocenters. The number of pyridine rings is 1. The Morgan fingerprint density at radius 3 is 2.90 bits per heavy atom. The molecular formula is C13H9BrN4OS. The van der Waals surface area contributed by atoms with E-state index in [0.717, 1.165) is 14.7 Å². The van der Waals surface area contributed by atoms with Crippen LogP contribution in [0.4, 0.5) is 10.8 Å². The molecule has 0 aliphatic rings. The van der Waals surface area contributed by atoms with E-state index >= 15 is 0 Å². The average molecular weight is 349 g/mol. The molecule has 1 amide bonds. The molecule has 0 unspecified atom stereocenters. The van der Waals surface area contributed by atoms with E-state index in [2.05, 4.69) is 31.2 Å². The molecule has 0 saturated carbocycles. The molecular weight excluding hydrogens is 340 g/mol. The molecule has 5 nitrogen and oxygen atoms in total. The highest BCUT2D eigenvalue weighted by molar-refractivity contribution is 9.10. The molecule has 0 aliphatic carbocycles. The summed E-state index contributed by atoms with van der Waals surface area (Å²) in [7, 11) is 0. The molecule has 0 fully saturated rings. The maximum Gasteiger partial charge on any atom is 0.276 e. The lowest BCUT2D eigenvalue weighted by molar-refractivity contribution is 0.102. The molecule has 1 aromatic carbocycles. The first-order valence-electron chi connectivity index (χ1n) is 5.71. The fourth-order valence-corrected chi connectivity index (χ4v) is 2.81. The van der Waals surface area contributed by atoms with Gasteiger partial charge in [-0.15, -0.1) is 0 Å². The summed E-state index contributed by atoms with van der Waals surface area (Å²) >= 11 is 4.65. The van der Waals surface area contributed by atoms with Crippen LogP contribution in [0.25, 0.3) is 10.2 Å². The lowest BCUT2D eigenvalue weighted by Gasteiger charge is -2.00. The third-order valence-corrected chi connectivity index (χ3v) is 4.00. The van der Waals surface area contributed by atoms with Gasteiger partial charge in [0.05, 0.1) is 10.2 Å². The summed E-state index contributed by atoms with van der Waals surface area (Å²) in [6.45, 7) is 0. The summed E-state index contributed by atoms with van der Waals surface area (Å²) in [5.74, 6) is -0.287. The van der Waals surface area contributed by atoms with E-state index < -0.39 is 0 Å². The largest absolute Gasteiger partial charge is 0.399 e. The summed E-state index contributed by atoms with van der Waals surface area (Å²) in [6.07, 6.45) is 1.58. The topological polar surface area (TPSA) is 80.9 Å². The molecule has 3 rings (SSSR count). The van der Waals surface area contributed by atoms with Crippen LogP contribution in [0, 0.1) is 0 Å². The molecule has 2 aromatic heterocycles. The van der Waals surface area contributed by atoms with E-state index in [9.17, 15) is 4.79 Å².